The van der Waals surface area contributed by atoms with Gasteiger partial charge in [0.25, 0.3) is 5.91 Å². The van der Waals surface area contributed by atoms with Crippen LogP contribution in [0.4, 0.5) is 0 Å². The average molecular weight is 367 g/mol. The zero-order valence-corrected chi connectivity index (χ0v) is 16.7. The van der Waals surface area contributed by atoms with Crippen LogP contribution in [0.15, 0.2) is 36.5 Å². The first-order valence-corrected chi connectivity index (χ1v) is 10.0. The van der Waals surface area contributed by atoms with Gasteiger partial charge in [0.2, 0.25) is 0 Å². The van der Waals surface area contributed by atoms with E-state index in [1.165, 1.54) is 18.4 Å². The van der Waals surface area contributed by atoms with Gasteiger partial charge in [-0.25, -0.2) is 9.97 Å². The fourth-order valence-electron chi connectivity index (χ4n) is 3.83. The van der Waals surface area contributed by atoms with E-state index in [0.717, 1.165) is 31.0 Å². The summed E-state index contributed by atoms with van der Waals surface area (Å²) in [5.41, 5.74) is 2.71. The third-order valence-corrected chi connectivity index (χ3v) is 5.42. The molecule has 1 atom stereocenters. The normalized spacial score (nSPS) is 17.7. The molecule has 1 unspecified atom stereocenters. The van der Waals surface area contributed by atoms with E-state index in [1.54, 1.807) is 6.20 Å². The van der Waals surface area contributed by atoms with Crippen LogP contribution in [0.3, 0.4) is 0 Å². The highest BCUT2D eigenvalue weighted by atomic mass is 16.2. The van der Waals surface area contributed by atoms with Crippen molar-refractivity contribution in [1.29, 1.82) is 0 Å². The number of aromatic nitrogens is 2. The van der Waals surface area contributed by atoms with Crippen molar-refractivity contribution in [3.05, 3.63) is 59.2 Å². The van der Waals surface area contributed by atoms with Gasteiger partial charge in [0.15, 0.2) is 0 Å². The van der Waals surface area contributed by atoms with Crippen molar-refractivity contribution in [2.24, 2.45) is 0 Å². The molecule has 1 amide bonds. The fraction of sp³-hybridized carbons (Fsp3) is 0.500. The average Bonchev–Trinajstić information content (AvgIpc) is 2.70. The number of hydrogen-bond acceptors (Lipinski definition) is 4. The topological polar surface area (TPSA) is 49.3 Å². The summed E-state index contributed by atoms with van der Waals surface area (Å²) in [5.74, 6) is 0.869. The quantitative estimate of drug-likeness (QED) is 0.775. The number of piperidine rings is 1. The summed E-state index contributed by atoms with van der Waals surface area (Å²) in [4.78, 5) is 26.3. The summed E-state index contributed by atoms with van der Waals surface area (Å²) >= 11 is 0. The summed E-state index contributed by atoms with van der Waals surface area (Å²) in [5, 5.41) is 0. The summed E-state index contributed by atoms with van der Waals surface area (Å²) in [7, 11) is 0. The predicted molar refractivity (Wildman–Crippen MR) is 107 cm³/mol. The van der Waals surface area contributed by atoms with E-state index < -0.39 is 0 Å². The number of carbonyl (C=O) groups excluding carboxylic acids is 1. The van der Waals surface area contributed by atoms with Crippen LogP contribution >= 0.6 is 0 Å². The Hall–Kier alpha value is -2.27. The molecule has 1 fully saturated rings. The summed E-state index contributed by atoms with van der Waals surface area (Å²) in [6.45, 7) is 9.28. The summed E-state index contributed by atoms with van der Waals surface area (Å²) in [6.07, 6.45) is 5.20. The minimum atomic E-state index is 0.0221. The van der Waals surface area contributed by atoms with E-state index in [9.17, 15) is 4.79 Å². The molecule has 0 radical (unpaired) electrons. The third kappa shape index (κ3) is 4.53. The Morgan fingerprint density at radius 3 is 2.59 bits per heavy atom. The second-order valence-electron chi connectivity index (χ2n) is 7.17. The van der Waals surface area contributed by atoms with Crippen LogP contribution < -0.4 is 0 Å². The molecule has 1 aliphatic heterocycles. The number of likely N-dealkylation sites (tertiary alicyclic amines) is 1. The molecular formula is C22H30N4O. The van der Waals surface area contributed by atoms with Crippen LogP contribution in [-0.2, 0) is 6.54 Å². The van der Waals surface area contributed by atoms with Crippen LogP contribution in [-0.4, -0.2) is 45.3 Å². The van der Waals surface area contributed by atoms with E-state index in [4.69, 9.17) is 4.98 Å². The number of amides is 1. The molecule has 0 N–H and O–H groups in total. The molecule has 1 aromatic heterocycles. The molecule has 0 aliphatic carbocycles. The van der Waals surface area contributed by atoms with Gasteiger partial charge in [0, 0.05) is 25.8 Å². The molecule has 3 rings (SSSR count). The molecule has 5 nitrogen and oxygen atoms in total. The van der Waals surface area contributed by atoms with E-state index in [1.807, 2.05) is 25.7 Å². The number of nitrogens with zero attached hydrogens (tertiary/aromatic N) is 4. The highest BCUT2D eigenvalue weighted by molar-refractivity contribution is 5.94. The summed E-state index contributed by atoms with van der Waals surface area (Å²) in [6, 6.07) is 10.8. The monoisotopic (exact) mass is 366 g/mol. The molecule has 2 heterocycles. The van der Waals surface area contributed by atoms with Gasteiger partial charge < -0.3 is 4.90 Å². The molecule has 1 aliphatic rings. The molecule has 1 saturated heterocycles. The minimum absolute atomic E-state index is 0.0221. The first-order chi connectivity index (χ1) is 13.1. The number of rotatable bonds is 6. The summed E-state index contributed by atoms with van der Waals surface area (Å²) < 4.78 is 0. The molecule has 0 bridgehead atoms. The largest absolute Gasteiger partial charge is 0.339 e. The number of benzene rings is 1. The van der Waals surface area contributed by atoms with Crippen LogP contribution in [0.25, 0.3) is 0 Å². The number of hydrogen-bond donors (Lipinski definition) is 0. The van der Waals surface area contributed by atoms with Crippen LogP contribution in [0.2, 0.25) is 0 Å². The van der Waals surface area contributed by atoms with Crippen molar-refractivity contribution in [2.75, 3.05) is 19.6 Å². The maximum atomic E-state index is 12.7. The Morgan fingerprint density at radius 2 is 1.93 bits per heavy atom. The molecule has 0 spiro atoms. The molecule has 1 aromatic carbocycles. The van der Waals surface area contributed by atoms with Gasteiger partial charge in [0.1, 0.15) is 5.82 Å². The van der Waals surface area contributed by atoms with E-state index in [-0.39, 0.29) is 11.9 Å². The Kier molecular flexibility index (Phi) is 6.56. The predicted octanol–water partition coefficient (Wildman–Crippen LogP) is 3.99. The maximum Gasteiger partial charge on any atom is 0.257 e. The number of aryl methyl sites for hydroxylation is 1. The minimum Gasteiger partial charge on any atom is -0.339 e. The molecule has 5 heteroatoms. The Morgan fingerprint density at radius 1 is 1.19 bits per heavy atom. The van der Waals surface area contributed by atoms with Crippen molar-refractivity contribution in [2.45, 2.75) is 52.6 Å². The highest BCUT2D eigenvalue weighted by Crippen LogP contribution is 2.30. The van der Waals surface area contributed by atoms with Gasteiger partial charge in [-0.05, 0) is 45.7 Å². The van der Waals surface area contributed by atoms with Crippen LogP contribution in [0, 0.1) is 6.92 Å². The van der Waals surface area contributed by atoms with Crippen LogP contribution in [0.1, 0.15) is 66.6 Å². The van der Waals surface area contributed by atoms with Crippen molar-refractivity contribution in [3.8, 4) is 0 Å². The molecule has 2 aromatic rings. The Balaban J connectivity index is 1.81. The van der Waals surface area contributed by atoms with E-state index in [0.29, 0.717) is 18.7 Å². The van der Waals surface area contributed by atoms with Gasteiger partial charge in [-0.15, -0.1) is 0 Å². The number of carbonyl (C=O) groups is 1. The van der Waals surface area contributed by atoms with Crippen molar-refractivity contribution >= 4 is 5.91 Å². The zero-order valence-electron chi connectivity index (χ0n) is 16.7. The maximum absolute atomic E-state index is 12.7. The Bertz CT molecular complexity index is 758. The zero-order chi connectivity index (χ0) is 19.2. The second-order valence-corrected chi connectivity index (χ2v) is 7.17. The van der Waals surface area contributed by atoms with Gasteiger partial charge in [-0.1, -0.05) is 36.8 Å². The lowest BCUT2D eigenvalue weighted by Gasteiger charge is -2.35. The molecule has 144 valence electrons. The fourth-order valence-corrected chi connectivity index (χ4v) is 3.83. The molecule has 0 saturated carbocycles. The van der Waals surface area contributed by atoms with Gasteiger partial charge in [0.05, 0.1) is 17.3 Å². The Labute approximate surface area is 162 Å². The van der Waals surface area contributed by atoms with E-state index in [2.05, 4.69) is 40.2 Å². The molecular weight excluding hydrogens is 336 g/mol. The SMILES string of the molecule is CCN(CC)C(=O)c1cnc(C2CCCCN2Cc2ccccc2)nc1C. The standard InChI is InChI=1S/C22H30N4O/c1-4-25(5-2)22(27)19-15-23-21(24-17(19)3)20-13-9-10-14-26(20)16-18-11-7-6-8-12-18/h6-8,11-12,15,20H,4-5,9-10,13-14,16H2,1-3H3. The first kappa shape index (κ1) is 19.5. The second kappa shape index (κ2) is 9.09. The van der Waals surface area contributed by atoms with E-state index >= 15 is 0 Å². The highest BCUT2D eigenvalue weighted by Gasteiger charge is 2.27. The molecule has 27 heavy (non-hydrogen) atoms. The smallest absolute Gasteiger partial charge is 0.257 e. The van der Waals surface area contributed by atoms with Gasteiger partial charge in [-0.3, -0.25) is 9.69 Å². The van der Waals surface area contributed by atoms with Crippen molar-refractivity contribution in [1.82, 2.24) is 19.8 Å². The lowest BCUT2D eigenvalue weighted by Crippen LogP contribution is -2.35. The lowest BCUT2D eigenvalue weighted by molar-refractivity contribution is 0.0770. The van der Waals surface area contributed by atoms with Crippen LogP contribution in [0.5, 0.6) is 0 Å². The van der Waals surface area contributed by atoms with Crippen molar-refractivity contribution < 1.29 is 4.79 Å². The third-order valence-electron chi connectivity index (χ3n) is 5.42. The van der Waals surface area contributed by atoms with Gasteiger partial charge >= 0.3 is 0 Å². The van der Waals surface area contributed by atoms with Crippen molar-refractivity contribution in [3.63, 3.8) is 0 Å². The first-order valence-electron chi connectivity index (χ1n) is 10.0. The van der Waals surface area contributed by atoms with Gasteiger partial charge in [-0.2, -0.15) is 0 Å². The lowest BCUT2D eigenvalue weighted by atomic mass is 10.00.